The zero-order valence-corrected chi connectivity index (χ0v) is 14.3. The summed E-state index contributed by atoms with van der Waals surface area (Å²) in [6, 6.07) is 0.0417. The molecule has 0 bridgehead atoms. The van der Waals surface area contributed by atoms with Crippen molar-refractivity contribution < 1.29 is 18.8 Å². The van der Waals surface area contributed by atoms with Crippen molar-refractivity contribution in [2.45, 2.75) is 52.3 Å². The molecule has 7 heteroatoms. The average Bonchev–Trinajstić information content (AvgIpc) is 2.88. The molecule has 1 aromatic rings. The van der Waals surface area contributed by atoms with Gasteiger partial charge in [-0.1, -0.05) is 5.16 Å². The van der Waals surface area contributed by atoms with Gasteiger partial charge in [0, 0.05) is 25.6 Å². The van der Waals surface area contributed by atoms with Gasteiger partial charge in [0.25, 0.3) is 0 Å². The Balaban J connectivity index is 1.79. The summed E-state index contributed by atoms with van der Waals surface area (Å²) in [6.45, 7) is 11.0. The highest BCUT2D eigenvalue weighted by Gasteiger charge is 2.35. The topological polar surface area (TPSA) is 68.0 Å². The van der Waals surface area contributed by atoms with Crippen LogP contribution in [0.4, 0.5) is 10.7 Å². The van der Waals surface area contributed by atoms with Gasteiger partial charge in [0.05, 0.1) is 31.0 Å². The van der Waals surface area contributed by atoms with E-state index in [1.807, 2.05) is 27.7 Å². The second kappa shape index (κ2) is 6.03. The first-order valence-electron chi connectivity index (χ1n) is 8.15. The molecule has 7 nitrogen and oxygen atoms in total. The molecule has 1 saturated heterocycles. The van der Waals surface area contributed by atoms with E-state index in [-0.39, 0.29) is 12.1 Å². The normalized spacial score (nSPS) is 22.0. The number of carbonyl (C=O) groups excluding carboxylic acids is 1. The van der Waals surface area contributed by atoms with E-state index in [2.05, 4.69) is 10.1 Å². The first-order chi connectivity index (χ1) is 10.8. The first kappa shape index (κ1) is 16.1. The number of rotatable bonds is 1. The molecule has 0 radical (unpaired) electrons. The predicted molar refractivity (Wildman–Crippen MR) is 84.5 cm³/mol. The molecule has 2 aliphatic rings. The summed E-state index contributed by atoms with van der Waals surface area (Å²) in [7, 11) is 0. The van der Waals surface area contributed by atoms with Crippen molar-refractivity contribution in [2.24, 2.45) is 0 Å². The second-order valence-corrected chi connectivity index (χ2v) is 7.17. The monoisotopic (exact) mass is 323 g/mol. The van der Waals surface area contributed by atoms with Gasteiger partial charge in [-0.15, -0.1) is 0 Å². The molecule has 1 fully saturated rings. The van der Waals surface area contributed by atoms with Crippen LogP contribution < -0.4 is 4.90 Å². The summed E-state index contributed by atoms with van der Waals surface area (Å²) < 4.78 is 16.5. The van der Waals surface area contributed by atoms with Crippen molar-refractivity contribution in [3.8, 4) is 0 Å². The van der Waals surface area contributed by atoms with Crippen molar-refractivity contribution in [3.63, 3.8) is 0 Å². The molecule has 2 aliphatic heterocycles. The zero-order chi connectivity index (χ0) is 16.6. The van der Waals surface area contributed by atoms with Crippen LogP contribution in [-0.2, 0) is 22.4 Å². The van der Waals surface area contributed by atoms with E-state index in [9.17, 15) is 4.79 Å². The Kier molecular flexibility index (Phi) is 4.23. The molecule has 3 heterocycles. The number of anilines is 1. The molecule has 128 valence electrons. The maximum absolute atomic E-state index is 12.5. The lowest BCUT2D eigenvalue weighted by Crippen LogP contribution is -2.45. The van der Waals surface area contributed by atoms with Crippen LogP contribution in [0, 0.1) is 0 Å². The molecular formula is C16H25N3O4. The van der Waals surface area contributed by atoms with Gasteiger partial charge in [-0.3, -0.25) is 0 Å². The van der Waals surface area contributed by atoms with Crippen molar-refractivity contribution in [3.05, 3.63) is 11.3 Å². The number of ether oxygens (including phenoxy) is 2. The lowest BCUT2D eigenvalue weighted by molar-refractivity contribution is 0.0137. The number of nitrogens with zero attached hydrogens (tertiary/aromatic N) is 3. The van der Waals surface area contributed by atoms with Crippen molar-refractivity contribution in [1.29, 1.82) is 0 Å². The second-order valence-electron chi connectivity index (χ2n) is 7.17. The van der Waals surface area contributed by atoms with Crippen LogP contribution in [0.3, 0.4) is 0 Å². The fourth-order valence-electron chi connectivity index (χ4n) is 2.95. The quantitative estimate of drug-likeness (QED) is 0.789. The van der Waals surface area contributed by atoms with E-state index in [1.165, 1.54) is 0 Å². The van der Waals surface area contributed by atoms with E-state index >= 15 is 0 Å². The molecule has 3 rings (SSSR count). The molecule has 23 heavy (non-hydrogen) atoms. The Labute approximate surface area is 136 Å². The van der Waals surface area contributed by atoms with Gasteiger partial charge in [-0.25, -0.2) is 4.79 Å². The summed E-state index contributed by atoms with van der Waals surface area (Å²) >= 11 is 0. The molecule has 0 unspecified atom stereocenters. The smallest absolute Gasteiger partial charge is 0.410 e. The van der Waals surface area contributed by atoms with Gasteiger partial charge in [0.2, 0.25) is 5.88 Å². The highest BCUT2D eigenvalue weighted by molar-refractivity contribution is 5.69. The molecule has 0 aliphatic carbocycles. The highest BCUT2D eigenvalue weighted by atomic mass is 16.6. The van der Waals surface area contributed by atoms with E-state index < -0.39 is 5.60 Å². The summed E-state index contributed by atoms with van der Waals surface area (Å²) in [5.74, 6) is 0.767. The fourth-order valence-corrected chi connectivity index (χ4v) is 2.95. The third-order valence-electron chi connectivity index (χ3n) is 4.12. The highest BCUT2D eigenvalue weighted by Crippen LogP contribution is 2.32. The number of fused-ring (bicyclic) bond motifs is 1. The minimum Gasteiger partial charge on any atom is -0.444 e. The molecule has 1 aromatic heterocycles. The van der Waals surface area contributed by atoms with Crippen LogP contribution in [0.25, 0.3) is 0 Å². The summed E-state index contributed by atoms with van der Waals surface area (Å²) in [5.41, 5.74) is 1.44. The maximum atomic E-state index is 12.5. The fraction of sp³-hybridized carbons (Fsp3) is 0.750. The lowest BCUT2D eigenvalue weighted by atomic mass is 10.0. The average molecular weight is 323 g/mol. The summed E-state index contributed by atoms with van der Waals surface area (Å²) in [6.07, 6.45) is 0.396. The Hall–Kier alpha value is -1.76. The van der Waals surface area contributed by atoms with Gasteiger partial charge in [0.1, 0.15) is 5.60 Å². The molecule has 0 N–H and O–H groups in total. The van der Waals surface area contributed by atoms with Crippen LogP contribution in [-0.4, -0.2) is 54.1 Å². The standard InChI is InChI=1S/C16H25N3O4/c1-11-9-13-12(10-19(11)15(20)22-16(2,3)4)14(23-17-13)18-5-7-21-8-6-18/h11H,5-10H2,1-4H3/t11-/m0/s1. The largest absolute Gasteiger partial charge is 0.444 e. The number of hydrogen-bond acceptors (Lipinski definition) is 6. The van der Waals surface area contributed by atoms with Crippen LogP contribution in [0.1, 0.15) is 39.0 Å². The van der Waals surface area contributed by atoms with E-state index in [0.29, 0.717) is 26.2 Å². The Morgan fingerprint density at radius 2 is 2.00 bits per heavy atom. The lowest BCUT2D eigenvalue weighted by Gasteiger charge is -2.35. The predicted octanol–water partition coefficient (Wildman–Crippen LogP) is 2.19. The maximum Gasteiger partial charge on any atom is 0.410 e. The van der Waals surface area contributed by atoms with Crippen molar-refractivity contribution in [1.82, 2.24) is 10.1 Å². The number of amides is 1. The molecule has 0 spiro atoms. The van der Waals surface area contributed by atoms with Gasteiger partial charge in [0.15, 0.2) is 0 Å². The van der Waals surface area contributed by atoms with Crippen LogP contribution in [0.15, 0.2) is 4.52 Å². The molecule has 0 saturated carbocycles. The minimum absolute atomic E-state index is 0.0417. The molecule has 1 atom stereocenters. The summed E-state index contributed by atoms with van der Waals surface area (Å²) in [4.78, 5) is 16.4. The van der Waals surface area contributed by atoms with E-state index in [4.69, 9.17) is 14.0 Å². The van der Waals surface area contributed by atoms with E-state index in [1.54, 1.807) is 4.90 Å². The number of morpholine rings is 1. The van der Waals surface area contributed by atoms with Crippen LogP contribution >= 0.6 is 0 Å². The minimum atomic E-state index is -0.501. The Morgan fingerprint density at radius 3 is 2.65 bits per heavy atom. The Bertz CT molecular complexity index is 572. The van der Waals surface area contributed by atoms with Crippen LogP contribution in [0.5, 0.6) is 0 Å². The van der Waals surface area contributed by atoms with Crippen molar-refractivity contribution >= 4 is 12.0 Å². The van der Waals surface area contributed by atoms with Crippen molar-refractivity contribution in [2.75, 3.05) is 31.2 Å². The third-order valence-corrected chi connectivity index (χ3v) is 4.12. The zero-order valence-electron chi connectivity index (χ0n) is 14.3. The molecular weight excluding hydrogens is 298 g/mol. The number of carbonyl (C=O) groups is 1. The molecule has 1 amide bonds. The number of aromatic nitrogens is 1. The first-order valence-corrected chi connectivity index (χ1v) is 8.15. The molecule has 0 aromatic carbocycles. The van der Waals surface area contributed by atoms with Gasteiger partial charge < -0.3 is 23.8 Å². The van der Waals surface area contributed by atoms with Gasteiger partial charge in [-0.2, -0.15) is 0 Å². The van der Waals surface area contributed by atoms with Gasteiger partial charge >= 0.3 is 6.09 Å². The van der Waals surface area contributed by atoms with Gasteiger partial charge in [-0.05, 0) is 27.7 Å². The summed E-state index contributed by atoms with van der Waals surface area (Å²) in [5, 5.41) is 4.21. The van der Waals surface area contributed by atoms with Crippen LogP contribution in [0.2, 0.25) is 0 Å². The SMILES string of the molecule is C[C@H]1Cc2noc(N3CCOCC3)c2CN1C(=O)OC(C)(C)C. The van der Waals surface area contributed by atoms with E-state index in [0.717, 1.165) is 30.2 Å². The third kappa shape index (κ3) is 3.44. The Morgan fingerprint density at radius 1 is 1.30 bits per heavy atom. The number of hydrogen-bond donors (Lipinski definition) is 0.